The highest BCUT2D eigenvalue weighted by molar-refractivity contribution is 5.99. The Hall–Kier alpha value is -1.43. The number of benzene rings is 1. The second-order valence-electron chi connectivity index (χ2n) is 4.99. The molecule has 96 valence electrons. The Morgan fingerprint density at radius 2 is 2.22 bits per heavy atom. The number of carbonyl (C=O) groups is 1. The fourth-order valence-corrected chi connectivity index (χ4v) is 2.70. The van der Waals surface area contributed by atoms with Crippen molar-refractivity contribution in [2.75, 3.05) is 11.9 Å². The van der Waals surface area contributed by atoms with E-state index in [0.29, 0.717) is 25.0 Å². The van der Waals surface area contributed by atoms with E-state index in [-0.39, 0.29) is 5.91 Å². The molecule has 1 aromatic carbocycles. The van der Waals surface area contributed by atoms with Gasteiger partial charge in [0.1, 0.15) is 0 Å². The summed E-state index contributed by atoms with van der Waals surface area (Å²) in [4.78, 5) is 11.3. The van der Waals surface area contributed by atoms with Crippen molar-refractivity contribution in [3.05, 3.63) is 29.3 Å². The summed E-state index contributed by atoms with van der Waals surface area (Å²) in [5.41, 5.74) is 15.4. The maximum atomic E-state index is 11.3. The number of hydrazine groups is 1. The van der Waals surface area contributed by atoms with E-state index in [4.69, 9.17) is 5.73 Å². The maximum absolute atomic E-state index is 11.3. The lowest BCUT2D eigenvalue weighted by Crippen LogP contribution is -2.32. The fourth-order valence-electron chi connectivity index (χ4n) is 2.70. The molecule has 0 saturated carbocycles. The van der Waals surface area contributed by atoms with Crippen LogP contribution in [0.4, 0.5) is 5.69 Å². The lowest BCUT2D eigenvalue weighted by atomic mass is 9.98. The molecule has 1 aromatic rings. The molecule has 0 radical (unpaired) electrons. The van der Waals surface area contributed by atoms with Gasteiger partial charge < -0.3 is 11.1 Å². The van der Waals surface area contributed by atoms with Crippen LogP contribution in [0, 0.1) is 0 Å². The van der Waals surface area contributed by atoms with E-state index in [0.717, 1.165) is 24.1 Å². The Bertz CT molecular complexity index is 474. The number of hydrogen-bond acceptors (Lipinski definition) is 4. The molecule has 0 bridgehead atoms. The van der Waals surface area contributed by atoms with Crippen LogP contribution in [0.1, 0.15) is 30.0 Å². The second kappa shape index (κ2) is 4.68. The third-order valence-corrected chi connectivity index (χ3v) is 3.65. The molecule has 1 fully saturated rings. The third-order valence-electron chi connectivity index (χ3n) is 3.65. The average molecular weight is 246 g/mol. The summed E-state index contributed by atoms with van der Waals surface area (Å²) in [5, 5.41) is 2.85. The smallest absolute Gasteiger partial charge is 0.228 e. The van der Waals surface area contributed by atoms with Crippen molar-refractivity contribution in [3.8, 4) is 0 Å². The molecule has 5 heteroatoms. The summed E-state index contributed by atoms with van der Waals surface area (Å²) in [5.74, 6) is 0.0839. The predicted octanol–water partition coefficient (Wildman–Crippen LogP) is 0.438. The van der Waals surface area contributed by atoms with Crippen molar-refractivity contribution >= 4 is 11.6 Å². The fraction of sp³-hybridized carbons (Fsp3) is 0.462. The summed E-state index contributed by atoms with van der Waals surface area (Å²) in [6.45, 7) is 0.703. The normalized spacial score (nSPS) is 26.2. The van der Waals surface area contributed by atoms with E-state index in [9.17, 15) is 4.79 Å². The number of carbonyl (C=O) groups excluding carboxylic acids is 1. The predicted molar refractivity (Wildman–Crippen MR) is 69.9 cm³/mol. The summed E-state index contributed by atoms with van der Waals surface area (Å²) in [6.07, 6.45) is 2.52. The molecule has 2 atom stereocenters. The van der Waals surface area contributed by atoms with Crippen LogP contribution in [0.15, 0.2) is 18.2 Å². The van der Waals surface area contributed by atoms with Gasteiger partial charge in [-0.25, -0.2) is 0 Å². The van der Waals surface area contributed by atoms with Crippen LogP contribution in [-0.4, -0.2) is 18.5 Å². The van der Waals surface area contributed by atoms with Crippen molar-refractivity contribution in [1.29, 1.82) is 0 Å². The van der Waals surface area contributed by atoms with E-state index in [1.165, 1.54) is 5.56 Å². The molecule has 2 unspecified atom stereocenters. The zero-order chi connectivity index (χ0) is 12.5. The first-order chi connectivity index (χ1) is 8.76. The number of amides is 1. The van der Waals surface area contributed by atoms with Gasteiger partial charge in [-0.2, -0.15) is 0 Å². The monoisotopic (exact) mass is 246 g/mol. The van der Waals surface area contributed by atoms with E-state index in [1.807, 2.05) is 6.07 Å². The van der Waals surface area contributed by atoms with Crippen LogP contribution in [0.3, 0.4) is 0 Å². The zero-order valence-electron chi connectivity index (χ0n) is 10.2. The Morgan fingerprint density at radius 3 is 3.06 bits per heavy atom. The maximum Gasteiger partial charge on any atom is 0.228 e. The zero-order valence-corrected chi connectivity index (χ0v) is 10.2. The molecular formula is C13H18N4O. The van der Waals surface area contributed by atoms with E-state index in [2.05, 4.69) is 28.3 Å². The Balaban J connectivity index is 1.74. The first-order valence-corrected chi connectivity index (χ1v) is 6.40. The first kappa shape index (κ1) is 11.6. The highest BCUT2D eigenvalue weighted by atomic mass is 16.1. The highest BCUT2D eigenvalue weighted by Crippen LogP contribution is 2.29. The van der Waals surface area contributed by atoms with Gasteiger partial charge >= 0.3 is 0 Å². The molecule has 0 spiro atoms. The first-order valence-electron chi connectivity index (χ1n) is 6.40. The number of anilines is 1. The van der Waals surface area contributed by atoms with Crippen LogP contribution in [0.2, 0.25) is 0 Å². The van der Waals surface area contributed by atoms with Gasteiger partial charge in [0.15, 0.2) is 0 Å². The van der Waals surface area contributed by atoms with Gasteiger partial charge in [-0.15, -0.1) is 0 Å². The molecule has 0 aromatic heterocycles. The molecule has 5 N–H and O–H groups in total. The Kier molecular flexibility index (Phi) is 3.03. The average Bonchev–Trinajstić information content (AvgIpc) is 2.93. The van der Waals surface area contributed by atoms with Crippen LogP contribution in [-0.2, 0) is 11.2 Å². The van der Waals surface area contributed by atoms with Gasteiger partial charge in [0.05, 0.1) is 6.42 Å². The van der Waals surface area contributed by atoms with E-state index in [1.54, 1.807) is 0 Å². The van der Waals surface area contributed by atoms with Crippen LogP contribution in [0.5, 0.6) is 0 Å². The standard InChI is InChI=1S/C13H18N4O/c14-4-3-10-7-12(17-16-10)8-1-2-11-9(5-8)6-13(18)15-11/h1-2,5,10,12,16-17H,3-4,6-7,14H2,(H,15,18). The quantitative estimate of drug-likeness (QED) is 0.624. The molecule has 1 saturated heterocycles. The molecule has 3 rings (SSSR count). The van der Waals surface area contributed by atoms with Crippen molar-refractivity contribution < 1.29 is 4.79 Å². The minimum atomic E-state index is 0.0839. The topological polar surface area (TPSA) is 79.2 Å². The van der Waals surface area contributed by atoms with Crippen molar-refractivity contribution in [3.63, 3.8) is 0 Å². The SMILES string of the molecule is NCCC1CC(c2ccc3c(c2)CC(=O)N3)NN1. The minimum absolute atomic E-state index is 0.0839. The lowest BCUT2D eigenvalue weighted by molar-refractivity contribution is -0.115. The van der Waals surface area contributed by atoms with Crippen molar-refractivity contribution in [2.24, 2.45) is 5.73 Å². The molecular weight excluding hydrogens is 228 g/mol. The minimum Gasteiger partial charge on any atom is -0.330 e. The summed E-state index contributed by atoms with van der Waals surface area (Å²) >= 11 is 0. The summed E-state index contributed by atoms with van der Waals surface area (Å²) < 4.78 is 0. The van der Waals surface area contributed by atoms with Gasteiger partial charge in [-0.1, -0.05) is 12.1 Å². The number of rotatable bonds is 3. The van der Waals surface area contributed by atoms with E-state index < -0.39 is 0 Å². The van der Waals surface area contributed by atoms with Gasteiger partial charge in [-0.3, -0.25) is 15.6 Å². The molecule has 2 aliphatic rings. The molecule has 0 aliphatic carbocycles. The Labute approximate surface area is 106 Å². The van der Waals surface area contributed by atoms with Crippen molar-refractivity contribution in [2.45, 2.75) is 31.3 Å². The Morgan fingerprint density at radius 1 is 1.33 bits per heavy atom. The van der Waals surface area contributed by atoms with Gasteiger partial charge in [0.2, 0.25) is 5.91 Å². The van der Waals surface area contributed by atoms with Crippen LogP contribution >= 0.6 is 0 Å². The highest BCUT2D eigenvalue weighted by Gasteiger charge is 2.26. The van der Waals surface area contributed by atoms with Crippen molar-refractivity contribution in [1.82, 2.24) is 10.9 Å². The lowest BCUT2D eigenvalue weighted by Gasteiger charge is -2.11. The third kappa shape index (κ3) is 2.12. The number of fused-ring (bicyclic) bond motifs is 1. The number of nitrogens with one attached hydrogen (secondary N) is 3. The second-order valence-corrected chi connectivity index (χ2v) is 4.99. The van der Waals surface area contributed by atoms with Crippen LogP contribution in [0.25, 0.3) is 0 Å². The van der Waals surface area contributed by atoms with Gasteiger partial charge in [-0.05, 0) is 36.6 Å². The molecule has 2 heterocycles. The number of hydrogen-bond donors (Lipinski definition) is 4. The van der Waals surface area contributed by atoms with E-state index >= 15 is 0 Å². The molecule has 18 heavy (non-hydrogen) atoms. The van der Waals surface area contributed by atoms with Gasteiger partial charge in [0, 0.05) is 17.8 Å². The summed E-state index contributed by atoms with van der Waals surface area (Å²) in [6, 6.07) is 6.94. The largest absolute Gasteiger partial charge is 0.330 e. The molecule has 1 amide bonds. The summed E-state index contributed by atoms with van der Waals surface area (Å²) in [7, 11) is 0. The molecule has 5 nitrogen and oxygen atoms in total. The van der Waals surface area contributed by atoms with Crippen LogP contribution < -0.4 is 21.9 Å². The van der Waals surface area contributed by atoms with Gasteiger partial charge in [0.25, 0.3) is 0 Å². The number of nitrogens with two attached hydrogens (primary N) is 1. The molecule has 2 aliphatic heterocycles.